The number of fused-ring (bicyclic) bond motifs is 4. The van der Waals surface area contributed by atoms with Crippen molar-refractivity contribution in [3.63, 3.8) is 0 Å². The van der Waals surface area contributed by atoms with E-state index in [-0.39, 0.29) is 58.7 Å². The van der Waals surface area contributed by atoms with Gasteiger partial charge in [-0.2, -0.15) is 0 Å². The first-order valence-corrected chi connectivity index (χ1v) is 21.8. The fourth-order valence-corrected chi connectivity index (χ4v) is 18.8. The summed E-state index contributed by atoms with van der Waals surface area (Å²) in [5.41, 5.74) is 17.7. The Kier molecular flexibility index (Phi) is 11.9. The van der Waals surface area contributed by atoms with Gasteiger partial charge in [-0.25, -0.2) is 9.79 Å². The second kappa shape index (κ2) is 15.6. The predicted octanol–water partition coefficient (Wildman–Crippen LogP) is 5.79. The van der Waals surface area contributed by atoms with Gasteiger partial charge in [-0.3, -0.25) is 5.32 Å². The molecule has 51 heavy (non-hydrogen) atoms. The molecule has 2 fully saturated rings. The molecule has 3 aliphatic rings. The number of hydrogen-bond donors (Lipinski definition) is 5. The minimum atomic E-state index is -2.99. The molecular formula is C37H55N5O7Si2. The minimum absolute atomic E-state index is 0.0746. The summed E-state index contributed by atoms with van der Waals surface area (Å²) in [6.45, 7) is 21.0. The number of aliphatic hydroxyl groups excluding tert-OH is 1. The lowest BCUT2D eigenvalue weighted by Crippen LogP contribution is -2.65. The van der Waals surface area contributed by atoms with Crippen molar-refractivity contribution in [1.29, 1.82) is 0 Å². The van der Waals surface area contributed by atoms with Crippen molar-refractivity contribution in [1.82, 2.24) is 10.6 Å². The second-order valence-corrected chi connectivity index (χ2v) is 23.6. The van der Waals surface area contributed by atoms with Gasteiger partial charge in [-0.05, 0) is 44.4 Å². The first-order valence-electron chi connectivity index (χ1n) is 17.8. The molecule has 2 aromatic carbocycles. The molecule has 0 radical (unpaired) electrons. The molecule has 0 spiro atoms. The van der Waals surface area contributed by atoms with E-state index in [1.54, 1.807) is 0 Å². The number of ether oxygens (including phenoxy) is 2. The van der Waals surface area contributed by atoms with Gasteiger partial charge in [0.2, 0.25) is 0 Å². The van der Waals surface area contributed by atoms with Crippen molar-refractivity contribution in [3.05, 3.63) is 84.0 Å². The number of nitrogens with zero attached hydrogens (tertiary/aromatic N) is 1. The molecule has 2 heterocycles. The lowest BCUT2D eigenvalue weighted by Gasteiger charge is -2.51. The molecule has 2 aliphatic heterocycles. The number of hydrogen-bond acceptors (Lipinski definition) is 11. The molecule has 0 aromatic heterocycles. The van der Waals surface area contributed by atoms with Crippen LogP contribution in [0.5, 0.6) is 0 Å². The highest BCUT2D eigenvalue weighted by Gasteiger charge is 2.61. The lowest BCUT2D eigenvalue weighted by molar-refractivity contribution is -0.0426. The maximum absolute atomic E-state index is 13.1. The topological polar surface area (TPSA) is 172 Å². The summed E-state index contributed by atoms with van der Waals surface area (Å²) in [6, 6.07) is 16.2. The maximum Gasteiger partial charge on any atom is 0.412 e. The fourth-order valence-electron chi connectivity index (χ4n) is 7.63. The summed E-state index contributed by atoms with van der Waals surface area (Å²) in [7, 11) is -5.80. The Labute approximate surface area is 304 Å². The highest BCUT2D eigenvalue weighted by molar-refractivity contribution is 6.84. The first-order chi connectivity index (χ1) is 24.2. The number of amidine groups is 1. The number of alkyl carbamates (subject to hydrolysis) is 1. The third-order valence-corrected chi connectivity index (χ3v) is 20.5. The number of carbonyl (C=O) groups is 1. The van der Waals surface area contributed by atoms with Crippen LogP contribution >= 0.6 is 0 Å². The van der Waals surface area contributed by atoms with E-state index < -0.39 is 47.8 Å². The molecule has 0 bridgehead atoms. The number of rotatable bonds is 10. The molecule has 278 valence electrons. The van der Waals surface area contributed by atoms with Gasteiger partial charge in [0.15, 0.2) is 12.1 Å². The molecule has 12 nitrogen and oxygen atoms in total. The van der Waals surface area contributed by atoms with Crippen LogP contribution in [-0.2, 0) is 22.4 Å². The Bertz CT molecular complexity index is 1590. The summed E-state index contributed by atoms with van der Waals surface area (Å²) in [5.74, 6) is -0.275. The molecule has 0 saturated carbocycles. The molecule has 2 saturated heterocycles. The smallest absolute Gasteiger partial charge is 0.412 e. The number of nitrogens with one attached hydrogen (secondary N) is 2. The largest absolute Gasteiger partial charge is 0.448 e. The van der Waals surface area contributed by atoms with Gasteiger partial charge in [0.05, 0.1) is 6.61 Å². The van der Waals surface area contributed by atoms with Crippen LogP contribution in [0.15, 0.2) is 77.8 Å². The van der Waals surface area contributed by atoms with Crippen molar-refractivity contribution in [3.8, 4) is 11.1 Å². The monoisotopic (exact) mass is 737 g/mol. The van der Waals surface area contributed by atoms with E-state index >= 15 is 0 Å². The van der Waals surface area contributed by atoms with Crippen molar-refractivity contribution in [2.45, 2.75) is 108 Å². The van der Waals surface area contributed by atoms with Crippen molar-refractivity contribution in [2.24, 2.45) is 16.5 Å². The summed E-state index contributed by atoms with van der Waals surface area (Å²) in [5, 5.41) is 17.2. The number of aliphatic hydroxyl groups is 1. The van der Waals surface area contributed by atoms with Crippen LogP contribution in [0.2, 0.25) is 22.2 Å². The Balaban J connectivity index is 1.31. The number of aliphatic imine (C=N–C) groups is 1. The zero-order chi connectivity index (χ0) is 37.2. The average molecular weight is 738 g/mol. The van der Waals surface area contributed by atoms with Crippen LogP contribution in [0.1, 0.15) is 72.4 Å². The zero-order valence-corrected chi connectivity index (χ0v) is 33.0. The van der Waals surface area contributed by atoms with Gasteiger partial charge < -0.3 is 44.3 Å². The average Bonchev–Trinajstić information content (AvgIpc) is 3.55. The van der Waals surface area contributed by atoms with Crippen molar-refractivity contribution in [2.75, 3.05) is 13.2 Å². The summed E-state index contributed by atoms with van der Waals surface area (Å²) in [4.78, 5) is 17.2. The molecule has 1 aliphatic carbocycles. The molecule has 1 amide bonds. The minimum Gasteiger partial charge on any atom is -0.448 e. The maximum atomic E-state index is 13.1. The molecule has 14 heteroatoms. The SMILES string of the molecule is C=C/N=C(NC(=O)OCC1c2ccccc2-c2ccccc21)\C(N)=C(/N)N[C@@H]1O[C@@H]2CO[Si](C(C)C)(C(C)C)O[Si](C(C)C)(C(C)C)OC2C1O. The van der Waals surface area contributed by atoms with Gasteiger partial charge in [-0.1, -0.05) is 110 Å². The molecule has 2 aromatic rings. The zero-order valence-electron chi connectivity index (χ0n) is 31.0. The normalized spacial score (nSPS) is 24.8. The van der Waals surface area contributed by atoms with Crippen LogP contribution in [-0.4, -0.2) is 71.9 Å². The fraction of sp³-hybridized carbons (Fsp3) is 0.514. The molecular weight excluding hydrogens is 683 g/mol. The second-order valence-electron chi connectivity index (χ2n) is 14.7. The Morgan fingerprint density at radius 2 is 1.51 bits per heavy atom. The Hall–Kier alpha value is -3.51. The van der Waals surface area contributed by atoms with E-state index in [1.807, 2.05) is 36.4 Å². The van der Waals surface area contributed by atoms with E-state index in [9.17, 15) is 9.90 Å². The van der Waals surface area contributed by atoms with Gasteiger partial charge >= 0.3 is 23.2 Å². The quantitative estimate of drug-likeness (QED) is 0.114. The van der Waals surface area contributed by atoms with Crippen molar-refractivity contribution < 1.29 is 32.3 Å². The summed E-state index contributed by atoms with van der Waals surface area (Å²) >= 11 is 0. The summed E-state index contributed by atoms with van der Waals surface area (Å²) in [6.07, 6.45) is -3.00. The Morgan fingerprint density at radius 1 is 0.961 bits per heavy atom. The predicted molar refractivity (Wildman–Crippen MR) is 203 cm³/mol. The summed E-state index contributed by atoms with van der Waals surface area (Å²) < 4.78 is 33.0. The van der Waals surface area contributed by atoms with Crippen LogP contribution in [0.25, 0.3) is 11.1 Å². The van der Waals surface area contributed by atoms with Gasteiger partial charge in [0.25, 0.3) is 0 Å². The third-order valence-electron chi connectivity index (χ3n) is 10.3. The molecule has 5 rings (SSSR count). The number of amides is 1. The number of benzene rings is 2. The number of carbonyl (C=O) groups excluding carboxylic acids is 1. The molecule has 2 unspecified atom stereocenters. The molecule has 7 N–H and O–H groups in total. The van der Waals surface area contributed by atoms with Crippen LogP contribution < -0.4 is 22.1 Å². The van der Waals surface area contributed by atoms with Crippen molar-refractivity contribution >= 4 is 29.1 Å². The standard InChI is InChI=1S/C37H55N5O7Si2/c1-10-40-35(42-37(44)45-19-29-27-17-13-11-15-25(27)26-16-12-14-18-28(26)29)31(38)34(39)41-36-32(43)33-30(47-36)20-46-50(21(2)3,22(4)5)49-51(48-33,23(6)7)24(8)9/h10-18,21-24,29-30,32-33,36,41,43H,1,19-20,38-39H2,2-9H3,(H,40,42,44)/b34-31-/t30-,32?,33?,36-/m1/s1. The van der Waals surface area contributed by atoms with Crippen LogP contribution in [0.3, 0.4) is 0 Å². The van der Waals surface area contributed by atoms with E-state index in [1.165, 1.54) is 6.20 Å². The van der Waals surface area contributed by atoms with E-state index in [4.69, 9.17) is 33.9 Å². The van der Waals surface area contributed by atoms with E-state index in [2.05, 4.69) is 89.7 Å². The van der Waals surface area contributed by atoms with Gasteiger partial charge in [0.1, 0.15) is 36.4 Å². The van der Waals surface area contributed by atoms with E-state index in [0.717, 1.165) is 22.3 Å². The van der Waals surface area contributed by atoms with Gasteiger partial charge in [0, 0.05) is 12.1 Å². The van der Waals surface area contributed by atoms with Gasteiger partial charge in [-0.15, -0.1) is 0 Å². The number of nitrogens with two attached hydrogens (primary N) is 2. The first kappa shape index (κ1) is 38.7. The third kappa shape index (κ3) is 7.40. The van der Waals surface area contributed by atoms with Crippen LogP contribution in [0, 0.1) is 0 Å². The van der Waals surface area contributed by atoms with Crippen LogP contribution in [0.4, 0.5) is 4.79 Å². The molecule has 4 atom stereocenters. The lowest BCUT2D eigenvalue weighted by atomic mass is 9.98. The Morgan fingerprint density at radius 3 is 2.04 bits per heavy atom. The van der Waals surface area contributed by atoms with E-state index in [0.29, 0.717) is 0 Å². The highest BCUT2D eigenvalue weighted by Crippen LogP contribution is 2.48. The highest BCUT2D eigenvalue weighted by atomic mass is 28.5.